The standard InChI is InChI=1S/C19H20O6/c1-19-7-15(9-2-3-23-8-9)25-18(22)13(19)6-14(20)16-11-4-10(5-12(16)19)24-17(11)21/h2-3,8,10-13,15-16H,4-7H2,1H3/t10-,11+,12-,13+,15?,16-,19+/m1/s1. The molecule has 1 aromatic heterocycles. The Bertz CT molecular complexity index is 752. The van der Waals surface area contributed by atoms with Crippen molar-refractivity contribution >= 4 is 17.7 Å². The maximum absolute atomic E-state index is 12.8. The highest BCUT2D eigenvalue weighted by atomic mass is 16.6. The predicted molar refractivity (Wildman–Crippen MR) is 83.0 cm³/mol. The van der Waals surface area contributed by atoms with E-state index in [4.69, 9.17) is 13.9 Å². The van der Waals surface area contributed by atoms with Crippen molar-refractivity contribution in [3.8, 4) is 0 Å². The molecular weight excluding hydrogens is 324 g/mol. The van der Waals surface area contributed by atoms with Crippen LogP contribution in [-0.4, -0.2) is 23.8 Å². The van der Waals surface area contributed by atoms with Crippen molar-refractivity contribution in [3.05, 3.63) is 24.2 Å². The van der Waals surface area contributed by atoms with Gasteiger partial charge < -0.3 is 13.9 Å². The number of fused-ring (bicyclic) bond motifs is 6. The molecule has 3 heterocycles. The van der Waals surface area contributed by atoms with Gasteiger partial charge in [0, 0.05) is 17.9 Å². The number of ether oxygens (including phenoxy) is 2. The molecule has 0 radical (unpaired) electrons. The first-order chi connectivity index (χ1) is 12.0. The second-order valence-electron chi connectivity index (χ2n) is 8.18. The van der Waals surface area contributed by atoms with Crippen LogP contribution in [0.25, 0.3) is 0 Å². The largest absolute Gasteiger partial charge is 0.472 e. The van der Waals surface area contributed by atoms with E-state index in [1.807, 2.05) is 6.07 Å². The summed E-state index contributed by atoms with van der Waals surface area (Å²) in [5, 5.41) is 0. The average Bonchev–Trinajstić information content (AvgIpc) is 3.19. The number of furan rings is 1. The summed E-state index contributed by atoms with van der Waals surface area (Å²) in [5.41, 5.74) is 0.466. The van der Waals surface area contributed by atoms with Gasteiger partial charge in [0.2, 0.25) is 0 Å². The summed E-state index contributed by atoms with van der Waals surface area (Å²) in [6, 6.07) is 1.81. The van der Waals surface area contributed by atoms with Crippen molar-refractivity contribution in [2.45, 2.75) is 44.8 Å². The number of carbonyl (C=O) groups excluding carboxylic acids is 3. The molecule has 2 saturated heterocycles. The van der Waals surface area contributed by atoms with Crippen LogP contribution in [0.5, 0.6) is 0 Å². The second kappa shape index (κ2) is 4.96. The summed E-state index contributed by atoms with van der Waals surface area (Å²) in [7, 11) is 0. The summed E-state index contributed by atoms with van der Waals surface area (Å²) in [4.78, 5) is 37.6. The lowest BCUT2D eigenvalue weighted by molar-refractivity contribution is -0.191. The minimum atomic E-state index is -0.433. The summed E-state index contributed by atoms with van der Waals surface area (Å²) in [6.07, 6.45) is 4.81. The van der Waals surface area contributed by atoms with Crippen LogP contribution >= 0.6 is 0 Å². The molecule has 4 aliphatic rings. The molecule has 6 heteroatoms. The molecular formula is C19H20O6. The summed E-state index contributed by atoms with van der Waals surface area (Å²) >= 11 is 0. The first-order valence-corrected chi connectivity index (χ1v) is 8.93. The van der Waals surface area contributed by atoms with Gasteiger partial charge in [-0.15, -0.1) is 0 Å². The minimum absolute atomic E-state index is 0.0174. The lowest BCUT2D eigenvalue weighted by Crippen LogP contribution is -2.57. The Balaban J connectivity index is 1.55. The van der Waals surface area contributed by atoms with Crippen LogP contribution in [0.1, 0.15) is 44.3 Å². The molecule has 2 saturated carbocycles. The number of cyclic esters (lactones) is 1. The third-order valence-corrected chi connectivity index (χ3v) is 6.99. The third-order valence-electron chi connectivity index (χ3n) is 6.99. The fourth-order valence-electron chi connectivity index (χ4n) is 5.74. The summed E-state index contributed by atoms with van der Waals surface area (Å²) in [6.45, 7) is 2.09. The van der Waals surface area contributed by atoms with E-state index in [-0.39, 0.29) is 59.5 Å². The molecule has 132 valence electrons. The zero-order valence-corrected chi connectivity index (χ0v) is 14.0. The fourth-order valence-corrected chi connectivity index (χ4v) is 5.74. The van der Waals surface area contributed by atoms with E-state index in [0.29, 0.717) is 19.3 Å². The van der Waals surface area contributed by atoms with Crippen LogP contribution in [-0.2, 0) is 23.9 Å². The van der Waals surface area contributed by atoms with Gasteiger partial charge in [0.25, 0.3) is 0 Å². The van der Waals surface area contributed by atoms with Crippen LogP contribution in [0.3, 0.4) is 0 Å². The van der Waals surface area contributed by atoms with E-state index < -0.39 is 5.92 Å². The van der Waals surface area contributed by atoms with Gasteiger partial charge in [-0.2, -0.15) is 0 Å². The van der Waals surface area contributed by atoms with Gasteiger partial charge in [-0.1, -0.05) is 6.92 Å². The molecule has 5 rings (SSSR count). The number of rotatable bonds is 1. The molecule has 0 N–H and O–H groups in total. The number of Topliss-reactive ketones (excluding diaryl/α,β-unsaturated/α-hetero) is 1. The Morgan fingerprint density at radius 1 is 1.12 bits per heavy atom. The normalized spacial score (nSPS) is 45.4. The van der Waals surface area contributed by atoms with Crippen molar-refractivity contribution in [2.75, 3.05) is 0 Å². The molecule has 4 fully saturated rings. The first kappa shape index (κ1) is 15.2. The van der Waals surface area contributed by atoms with Gasteiger partial charge in [0.1, 0.15) is 18.0 Å². The van der Waals surface area contributed by atoms with Gasteiger partial charge in [-0.25, -0.2) is 0 Å². The SMILES string of the molecule is C[C@@]12CC(c3ccoc3)OC(=O)[C@@H]1CC(=O)[C@@H]1[C@@H]3C[C@H](C[C@H]12)OC3=O. The van der Waals surface area contributed by atoms with Crippen molar-refractivity contribution in [1.29, 1.82) is 0 Å². The van der Waals surface area contributed by atoms with Crippen molar-refractivity contribution < 1.29 is 28.3 Å². The van der Waals surface area contributed by atoms with Gasteiger partial charge >= 0.3 is 11.9 Å². The predicted octanol–water partition coefficient (Wildman–Crippen LogP) is 2.43. The van der Waals surface area contributed by atoms with E-state index in [0.717, 1.165) is 5.56 Å². The molecule has 2 aliphatic carbocycles. The number of ketones is 1. The maximum atomic E-state index is 12.8. The number of hydrogen-bond acceptors (Lipinski definition) is 6. The fraction of sp³-hybridized carbons (Fsp3) is 0.632. The molecule has 25 heavy (non-hydrogen) atoms. The van der Waals surface area contributed by atoms with Crippen LogP contribution in [0, 0.1) is 29.1 Å². The molecule has 0 amide bonds. The monoisotopic (exact) mass is 344 g/mol. The Morgan fingerprint density at radius 2 is 1.96 bits per heavy atom. The minimum Gasteiger partial charge on any atom is -0.472 e. The molecule has 7 atom stereocenters. The molecule has 0 aromatic carbocycles. The highest BCUT2D eigenvalue weighted by Crippen LogP contribution is 2.61. The molecule has 2 aliphatic heterocycles. The Kier molecular flexibility index (Phi) is 3.01. The zero-order chi connectivity index (χ0) is 17.3. The van der Waals surface area contributed by atoms with Crippen LogP contribution in [0.2, 0.25) is 0 Å². The molecule has 1 unspecified atom stereocenters. The van der Waals surface area contributed by atoms with Gasteiger partial charge in [0.15, 0.2) is 0 Å². The summed E-state index contributed by atoms with van der Waals surface area (Å²) < 4.78 is 16.2. The molecule has 1 aromatic rings. The quantitative estimate of drug-likeness (QED) is 0.728. The molecule has 0 spiro atoms. The van der Waals surface area contributed by atoms with Crippen molar-refractivity contribution in [1.82, 2.24) is 0 Å². The average molecular weight is 344 g/mol. The van der Waals surface area contributed by atoms with Gasteiger partial charge in [-0.05, 0) is 36.7 Å². The lowest BCUT2D eigenvalue weighted by Gasteiger charge is -2.54. The van der Waals surface area contributed by atoms with Crippen molar-refractivity contribution in [3.63, 3.8) is 0 Å². The van der Waals surface area contributed by atoms with Crippen LogP contribution in [0.4, 0.5) is 0 Å². The highest BCUT2D eigenvalue weighted by Gasteiger charge is 2.64. The zero-order valence-electron chi connectivity index (χ0n) is 14.0. The van der Waals surface area contributed by atoms with E-state index >= 15 is 0 Å². The second-order valence-corrected chi connectivity index (χ2v) is 8.18. The van der Waals surface area contributed by atoms with Crippen LogP contribution < -0.4 is 0 Å². The van der Waals surface area contributed by atoms with E-state index in [1.54, 1.807) is 12.5 Å². The third kappa shape index (κ3) is 1.99. The highest BCUT2D eigenvalue weighted by molar-refractivity contribution is 5.93. The Labute approximate surface area is 144 Å². The van der Waals surface area contributed by atoms with Crippen LogP contribution in [0.15, 0.2) is 23.0 Å². The maximum Gasteiger partial charge on any atom is 0.310 e. The Morgan fingerprint density at radius 3 is 2.72 bits per heavy atom. The first-order valence-electron chi connectivity index (χ1n) is 8.93. The number of carbonyl (C=O) groups is 3. The molecule has 6 nitrogen and oxygen atoms in total. The van der Waals surface area contributed by atoms with Gasteiger partial charge in [0.05, 0.1) is 24.4 Å². The van der Waals surface area contributed by atoms with Crippen molar-refractivity contribution in [2.24, 2.45) is 29.1 Å². The summed E-state index contributed by atoms with van der Waals surface area (Å²) in [5.74, 6) is -1.63. The van der Waals surface area contributed by atoms with E-state index in [9.17, 15) is 14.4 Å². The molecule has 2 bridgehead atoms. The van der Waals surface area contributed by atoms with Gasteiger partial charge in [-0.3, -0.25) is 14.4 Å². The number of esters is 2. The number of hydrogen-bond donors (Lipinski definition) is 0. The Hall–Kier alpha value is -2.11. The smallest absolute Gasteiger partial charge is 0.310 e. The van der Waals surface area contributed by atoms with E-state index in [2.05, 4.69) is 6.92 Å². The lowest BCUT2D eigenvalue weighted by atomic mass is 9.49. The topological polar surface area (TPSA) is 82.8 Å². The van der Waals surface area contributed by atoms with E-state index in [1.165, 1.54) is 0 Å².